The summed E-state index contributed by atoms with van der Waals surface area (Å²) in [6, 6.07) is 21.1. The lowest BCUT2D eigenvalue weighted by Gasteiger charge is -2.21. The summed E-state index contributed by atoms with van der Waals surface area (Å²) in [6.45, 7) is 9.15. The summed E-state index contributed by atoms with van der Waals surface area (Å²) in [5.41, 5.74) is 15.0. The normalized spacial score (nSPS) is 11.4. The van der Waals surface area contributed by atoms with Gasteiger partial charge in [0.2, 0.25) is 0 Å². The molecular formula is C25H28N4. The first-order valence-electron chi connectivity index (χ1n) is 10.2. The Kier molecular flexibility index (Phi) is 5.36. The zero-order valence-electron chi connectivity index (χ0n) is 17.4. The topological polar surface area (TPSA) is 46.6 Å². The Labute approximate surface area is 172 Å². The summed E-state index contributed by atoms with van der Waals surface area (Å²) >= 11 is 0. The van der Waals surface area contributed by atoms with Crippen molar-refractivity contribution in [3.8, 4) is 11.3 Å². The maximum atomic E-state index is 6.12. The van der Waals surface area contributed by atoms with Crippen molar-refractivity contribution in [1.29, 1.82) is 0 Å². The highest BCUT2D eigenvalue weighted by molar-refractivity contribution is 5.70. The predicted molar refractivity (Wildman–Crippen MR) is 121 cm³/mol. The van der Waals surface area contributed by atoms with E-state index in [-0.39, 0.29) is 0 Å². The van der Waals surface area contributed by atoms with Crippen LogP contribution >= 0.6 is 0 Å². The molecule has 4 nitrogen and oxygen atoms in total. The molecule has 0 saturated heterocycles. The maximum absolute atomic E-state index is 6.12. The first-order chi connectivity index (χ1) is 14.0. The van der Waals surface area contributed by atoms with Gasteiger partial charge in [-0.3, -0.25) is 4.90 Å². The molecule has 4 rings (SSSR count). The molecule has 0 aliphatic heterocycles. The molecule has 2 aromatic carbocycles. The summed E-state index contributed by atoms with van der Waals surface area (Å²) < 4.78 is 2.15. The van der Waals surface area contributed by atoms with Gasteiger partial charge in [0.15, 0.2) is 0 Å². The van der Waals surface area contributed by atoms with Crippen molar-refractivity contribution in [2.75, 3.05) is 12.3 Å². The minimum absolute atomic E-state index is 0.745. The van der Waals surface area contributed by atoms with Crippen LogP contribution in [0, 0.1) is 13.8 Å². The van der Waals surface area contributed by atoms with Gasteiger partial charge in [-0.2, -0.15) is 0 Å². The lowest BCUT2D eigenvalue weighted by atomic mass is 10.0. The van der Waals surface area contributed by atoms with Crippen LogP contribution in [0.5, 0.6) is 0 Å². The molecule has 0 unspecified atom stereocenters. The molecule has 2 N–H and O–H groups in total. The van der Waals surface area contributed by atoms with E-state index in [9.17, 15) is 0 Å². The molecule has 0 radical (unpaired) electrons. The molecule has 0 aliphatic rings. The van der Waals surface area contributed by atoms with Gasteiger partial charge in [0.25, 0.3) is 0 Å². The fraction of sp³-hybridized carbons (Fsp3) is 0.240. The smallest absolute Gasteiger partial charge is 0.137 e. The number of rotatable bonds is 6. The second-order valence-corrected chi connectivity index (χ2v) is 7.70. The Morgan fingerprint density at radius 1 is 0.966 bits per heavy atom. The number of nitrogens with zero attached hydrogens (tertiary/aromatic N) is 3. The van der Waals surface area contributed by atoms with Crippen LogP contribution in [-0.2, 0) is 13.1 Å². The van der Waals surface area contributed by atoms with E-state index in [4.69, 9.17) is 10.7 Å². The van der Waals surface area contributed by atoms with Crippen molar-refractivity contribution < 1.29 is 0 Å². The standard InChI is InChI=1S/C25H28N4/c1-4-28(15-20-8-6-5-7-9-20)17-23-25(22-12-10-18(2)14-19(22)3)27-24-13-11-21(26)16-29(23)24/h5-14,16H,4,15,17,26H2,1-3H3. The fourth-order valence-electron chi connectivity index (χ4n) is 3.89. The van der Waals surface area contributed by atoms with Crippen molar-refractivity contribution in [2.45, 2.75) is 33.9 Å². The Bertz CT molecular complexity index is 1130. The van der Waals surface area contributed by atoms with E-state index in [1.54, 1.807) is 0 Å². The number of benzene rings is 2. The van der Waals surface area contributed by atoms with Crippen molar-refractivity contribution in [1.82, 2.24) is 14.3 Å². The van der Waals surface area contributed by atoms with Gasteiger partial charge in [-0.25, -0.2) is 4.98 Å². The summed E-state index contributed by atoms with van der Waals surface area (Å²) in [5, 5.41) is 0. The number of hydrogen-bond donors (Lipinski definition) is 1. The van der Waals surface area contributed by atoms with Gasteiger partial charge < -0.3 is 10.1 Å². The molecule has 29 heavy (non-hydrogen) atoms. The molecule has 4 aromatic rings. The zero-order chi connectivity index (χ0) is 20.4. The SMILES string of the molecule is CCN(Cc1ccccc1)Cc1c(-c2ccc(C)cc2C)nc2ccc(N)cn12. The average molecular weight is 385 g/mol. The van der Waals surface area contributed by atoms with Gasteiger partial charge in [-0.1, -0.05) is 61.0 Å². The fourth-order valence-corrected chi connectivity index (χ4v) is 3.89. The number of aromatic nitrogens is 2. The van der Waals surface area contributed by atoms with Crippen LogP contribution in [0.2, 0.25) is 0 Å². The quantitative estimate of drug-likeness (QED) is 0.496. The van der Waals surface area contributed by atoms with Crippen molar-refractivity contribution >= 4 is 11.3 Å². The van der Waals surface area contributed by atoms with E-state index in [0.717, 1.165) is 36.7 Å². The van der Waals surface area contributed by atoms with E-state index in [1.165, 1.54) is 27.9 Å². The van der Waals surface area contributed by atoms with E-state index in [1.807, 2.05) is 18.3 Å². The van der Waals surface area contributed by atoms with E-state index in [0.29, 0.717) is 0 Å². The van der Waals surface area contributed by atoms with Crippen LogP contribution in [0.3, 0.4) is 0 Å². The van der Waals surface area contributed by atoms with Crippen LogP contribution in [0.25, 0.3) is 16.9 Å². The van der Waals surface area contributed by atoms with Gasteiger partial charge >= 0.3 is 0 Å². The Balaban J connectivity index is 1.79. The number of aryl methyl sites for hydroxylation is 2. The van der Waals surface area contributed by atoms with E-state index < -0.39 is 0 Å². The lowest BCUT2D eigenvalue weighted by molar-refractivity contribution is 0.268. The van der Waals surface area contributed by atoms with Crippen LogP contribution in [0.4, 0.5) is 5.69 Å². The third-order valence-electron chi connectivity index (χ3n) is 5.45. The number of imidazole rings is 1. The molecular weight excluding hydrogens is 356 g/mol. The molecule has 0 aliphatic carbocycles. The van der Waals surface area contributed by atoms with Crippen LogP contribution in [0.1, 0.15) is 29.3 Å². The second-order valence-electron chi connectivity index (χ2n) is 7.70. The van der Waals surface area contributed by atoms with Gasteiger partial charge in [0, 0.05) is 30.5 Å². The molecule has 0 bridgehead atoms. The number of anilines is 1. The number of nitrogens with two attached hydrogens (primary N) is 1. The van der Waals surface area contributed by atoms with Crippen molar-refractivity contribution in [2.24, 2.45) is 0 Å². The van der Waals surface area contributed by atoms with Gasteiger partial charge in [-0.15, -0.1) is 0 Å². The second kappa shape index (κ2) is 8.10. The van der Waals surface area contributed by atoms with Gasteiger partial charge in [0.05, 0.1) is 11.4 Å². The van der Waals surface area contributed by atoms with Crippen molar-refractivity contribution in [3.63, 3.8) is 0 Å². The Morgan fingerprint density at radius 2 is 1.76 bits per heavy atom. The predicted octanol–water partition coefficient (Wildman–Crippen LogP) is 5.22. The van der Waals surface area contributed by atoms with Gasteiger partial charge in [-0.05, 0) is 43.7 Å². The average Bonchev–Trinajstić information content (AvgIpc) is 3.05. The largest absolute Gasteiger partial charge is 0.398 e. The molecule has 4 heteroatoms. The minimum Gasteiger partial charge on any atom is -0.398 e. The highest BCUT2D eigenvalue weighted by atomic mass is 15.1. The van der Waals surface area contributed by atoms with Crippen LogP contribution < -0.4 is 5.73 Å². The van der Waals surface area contributed by atoms with E-state index in [2.05, 4.69) is 78.6 Å². The first kappa shape index (κ1) is 19.2. The van der Waals surface area contributed by atoms with Crippen molar-refractivity contribution in [3.05, 3.63) is 89.2 Å². The number of pyridine rings is 1. The number of fused-ring (bicyclic) bond motifs is 1. The molecule has 0 amide bonds. The molecule has 2 heterocycles. The Hall–Kier alpha value is -3.11. The third kappa shape index (κ3) is 4.03. The number of hydrogen-bond acceptors (Lipinski definition) is 3. The summed E-state index contributed by atoms with van der Waals surface area (Å²) in [5.74, 6) is 0. The maximum Gasteiger partial charge on any atom is 0.137 e. The molecule has 2 aromatic heterocycles. The highest BCUT2D eigenvalue weighted by Gasteiger charge is 2.18. The summed E-state index contributed by atoms with van der Waals surface area (Å²) in [4.78, 5) is 7.43. The zero-order valence-corrected chi connectivity index (χ0v) is 17.4. The summed E-state index contributed by atoms with van der Waals surface area (Å²) in [6.07, 6.45) is 1.99. The minimum atomic E-state index is 0.745. The molecule has 148 valence electrons. The number of nitrogen functional groups attached to an aromatic ring is 1. The molecule has 0 saturated carbocycles. The molecule has 0 spiro atoms. The van der Waals surface area contributed by atoms with Crippen LogP contribution in [-0.4, -0.2) is 20.8 Å². The summed E-state index contributed by atoms with van der Waals surface area (Å²) in [7, 11) is 0. The monoisotopic (exact) mass is 384 g/mol. The van der Waals surface area contributed by atoms with Crippen LogP contribution in [0.15, 0.2) is 66.9 Å². The Morgan fingerprint density at radius 3 is 2.48 bits per heavy atom. The highest BCUT2D eigenvalue weighted by Crippen LogP contribution is 2.30. The van der Waals surface area contributed by atoms with E-state index >= 15 is 0 Å². The van der Waals surface area contributed by atoms with Gasteiger partial charge in [0.1, 0.15) is 5.65 Å². The molecule has 0 fully saturated rings. The lowest BCUT2D eigenvalue weighted by Crippen LogP contribution is -2.23. The third-order valence-corrected chi connectivity index (χ3v) is 5.45. The first-order valence-corrected chi connectivity index (χ1v) is 10.2. The molecule has 0 atom stereocenters.